The molecular formula is C30H26Cl2N2O8. The average molecular weight is 613 g/mol. The number of carboxylic acid groups (broad SMARTS) is 1. The van der Waals surface area contributed by atoms with Crippen molar-refractivity contribution in [2.24, 2.45) is 17.8 Å². The molecule has 4 amide bonds. The number of fused-ring (bicyclic) bond motifs is 4. The predicted molar refractivity (Wildman–Crippen MR) is 150 cm³/mol. The smallest absolute Gasteiger partial charge is 0.335 e. The lowest BCUT2D eigenvalue weighted by atomic mass is 9.56. The van der Waals surface area contributed by atoms with E-state index in [0.29, 0.717) is 16.9 Å². The number of rotatable bonds is 6. The van der Waals surface area contributed by atoms with E-state index in [-0.39, 0.29) is 37.3 Å². The van der Waals surface area contributed by atoms with Gasteiger partial charge in [0.25, 0.3) is 11.8 Å². The molecule has 0 bridgehead atoms. The zero-order valence-corrected chi connectivity index (χ0v) is 23.8. The van der Waals surface area contributed by atoms with E-state index in [1.165, 1.54) is 31.3 Å². The Balaban J connectivity index is 1.46. The van der Waals surface area contributed by atoms with Crippen molar-refractivity contribution in [3.63, 3.8) is 0 Å². The topological polar surface area (TPSA) is 142 Å². The number of aliphatic hydroxyl groups excluding tert-OH is 1. The van der Waals surface area contributed by atoms with E-state index < -0.39 is 63.0 Å². The Morgan fingerprint density at radius 2 is 1.74 bits per heavy atom. The third-order valence-electron chi connectivity index (χ3n) is 8.94. The first-order chi connectivity index (χ1) is 20.0. The number of likely N-dealkylation sites (tertiary alicyclic amines) is 1. The molecule has 6 rings (SSSR count). The standard InChI is InChI=1S/C30H26Cl2N2O8/c1-33-27(40)29(31)14-21-19(23(30(29,32)28(33)41)15-5-7-18(8-6-15)42-12-11-35)9-10-20-22(21)25(37)34(24(20)36)17-4-2-3-16(13-17)26(38)39/h2-9,13,20-23,35H,10-12,14H2,1H3,(H,38,39). The number of allylic oxidation sites excluding steroid dienone is 2. The van der Waals surface area contributed by atoms with Gasteiger partial charge in [0.05, 0.1) is 29.7 Å². The van der Waals surface area contributed by atoms with Gasteiger partial charge in [-0.05, 0) is 54.7 Å². The number of ether oxygens (including phenoxy) is 1. The molecule has 2 saturated heterocycles. The van der Waals surface area contributed by atoms with Gasteiger partial charge in [-0.1, -0.05) is 29.8 Å². The van der Waals surface area contributed by atoms with E-state index in [1.807, 2.05) is 6.08 Å². The lowest BCUT2D eigenvalue weighted by Crippen LogP contribution is -2.60. The highest BCUT2D eigenvalue weighted by molar-refractivity contribution is 6.53. The number of amides is 4. The Kier molecular flexibility index (Phi) is 6.71. The maximum atomic E-state index is 14.0. The fourth-order valence-electron chi connectivity index (χ4n) is 7.07. The van der Waals surface area contributed by atoms with Crippen LogP contribution in [0, 0.1) is 17.8 Å². The van der Waals surface area contributed by atoms with Crippen molar-refractivity contribution in [2.45, 2.75) is 28.5 Å². The number of carbonyl (C=O) groups is 5. The summed E-state index contributed by atoms with van der Waals surface area (Å²) in [7, 11) is 1.32. The van der Waals surface area contributed by atoms with Gasteiger partial charge in [0.2, 0.25) is 11.8 Å². The Bertz CT molecular complexity index is 1580. The summed E-state index contributed by atoms with van der Waals surface area (Å²) in [4.78, 5) is 64.5. The Hall–Kier alpha value is -3.73. The molecule has 10 nitrogen and oxygen atoms in total. The average Bonchev–Trinajstić information content (AvgIpc) is 3.31. The molecule has 6 atom stereocenters. The Labute approximate surface area is 250 Å². The number of halogens is 2. The second-order valence-electron chi connectivity index (χ2n) is 11.0. The largest absolute Gasteiger partial charge is 0.491 e. The van der Waals surface area contributed by atoms with Crippen LogP contribution in [0.3, 0.4) is 0 Å². The first-order valence-corrected chi connectivity index (χ1v) is 14.2. The highest BCUT2D eigenvalue weighted by Crippen LogP contribution is 2.65. The van der Waals surface area contributed by atoms with Crippen LogP contribution in [0.2, 0.25) is 0 Å². The van der Waals surface area contributed by atoms with Gasteiger partial charge in [0.1, 0.15) is 12.4 Å². The molecule has 2 aromatic carbocycles. The van der Waals surface area contributed by atoms with Crippen LogP contribution >= 0.6 is 23.2 Å². The number of hydrogen-bond acceptors (Lipinski definition) is 7. The fraction of sp³-hybridized carbons (Fsp3) is 0.367. The van der Waals surface area contributed by atoms with Gasteiger partial charge in [0.15, 0.2) is 9.75 Å². The second-order valence-corrected chi connectivity index (χ2v) is 12.2. The minimum Gasteiger partial charge on any atom is -0.491 e. The number of alkyl halides is 2. The third-order valence-corrected chi connectivity index (χ3v) is 10.4. The van der Waals surface area contributed by atoms with Crippen molar-refractivity contribution < 1.29 is 38.9 Å². The maximum absolute atomic E-state index is 14.0. The van der Waals surface area contributed by atoms with E-state index >= 15 is 0 Å². The minimum absolute atomic E-state index is 0.0735. The fourth-order valence-corrected chi connectivity index (χ4v) is 8.09. The molecule has 2 N–H and O–H groups in total. The summed E-state index contributed by atoms with van der Waals surface area (Å²) < 4.78 is 5.47. The minimum atomic E-state index is -1.90. The van der Waals surface area contributed by atoms with Crippen molar-refractivity contribution in [1.82, 2.24) is 4.90 Å². The van der Waals surface area contributed by atoms with E-state index in [9.17, 15) is 29.1 Å². The summed E-state index contributed by atoms with van der Waals surface area (Å²) >= 11 is 14.3. The molecule has 3 fully saturated rings. The number of imide groups is 2. The molecule has 4 aliphatic rings. The molecule has 0 aromatic heterocycles. The zero-order chi connectivity index (χ0) is 30.1. The number of anilines is 1. The van der Waals surface area contributed by atoms with Crippen molar-refractivity contribution in [2.75, 3.05) is 25.2 Å². The van der Waals surface area contributed by atoms with Gasteiger partial charge in [-0.15, -0.1) is 23.2 Å². The molecule has 2 aliphatic heterocycles. The van der Waals surface area contributed by atoms with E-state index in [0.717, 1.165) is 9.80 Å². The molecule has 12 heteroatoms. The molecule has 218 valence electrons. The summed E-state index contributed by atoms with van der Waals surface area (Å²) in [5.41, 5.74) is 1.28. The summed E-state index contributed by atoms with van der Waals surface area (Å²) in [5, 5.41) is 18.5. The van der Waals surface area contributed by atoms with Crippen LogP contribution in [-0.4, -0.2) is 74.7 Å². The van der Waals surface area contributed by atoms with Crippen LogP contribution in [0.25, 0.3) is 0 Å². The second kappa shape index (κ2) is 9.93. The first kappa shape index (κ1) is 28.4. The molecule has 0 radical (unpaired) electrons. The quantitative estimate of drug-likeness (QED) is 0.288. The highest BCUT2D eigenvalue weighted by Gasteiger charge is 2.75. The summed E-state index contributed by atoms with van der Waals surface area (Å²) in [5.74, 6) is -6.32. The number of carbonyl (C=O) groups excluding carboxylic acids is 4. The third kappa shape index (κ3) is 3.78. The van der Waals surface area contributed by atoms with Crippen molar-refractivity contribution in [3.05, 3.63) is 71.3 Å². The predicted octanol–water partition coefficient (Wildman–Crippen LogP) is 2.95. The van der Waals surface area contributed by atoms with Crippen LogP contribution in [0.4, 0.5) is 5.69 Å². The summed E-state index contributed by atoms with van der Waals surface area (Å²) in [6, 6.07) is 12.3. The van der Waals surface area contributed by atoms with Crippen LogP contribution in [0.1, 0.15) is 34.7 Å². The monoisotopic (exact) mass is 612 g/mol. The van der Waals surface area contributed by atoms with Gasteiger partial charge in [-0.3, -0.25) is 29.0 Å². The molecule has 6 unspecified atom stereocenters. The number of nitrogens with zero attached hydrogens (tertiary/aromatic N) is 2. The summed E-state index contributed by atoms with van der Waals surface area (Å²) in [6.45, 7) is -0.0858. The van der Waals surface area contributed by atoms with Crippen LogP contribution in [-0.2, 0) is 19.2 Å². The molecule has 2 aromatic rings. The molecule has 2 aliphatic carbocycles. The molecule has 2 heterocycles. The number of hydrogen-bond donors (Lipinski definition) is 2. The molecule has 1 saturated carbocycles. The lowest BCUT2D eigenvalue weighted by molar-refractivity contribution is -0.138. The van der Waals surface area contributed by atoms with Crippen molar-refractivity contribution in [3.8, 4) is 5.75 Å². The summed E-state index contributed by atoms with van der Waals surface area (Å²) in [6.07, 6.45) is 1.87. The van der Waals surface area contributed by atoms with Gasteiger partial charge in [-0.2, -0.15) is 0 Å². The molecule has 42 heavy (non-hydrogen) atoms. The van der Waals surface area contributed by atoms with Crippen LogP contribution in [0.5, 0.6) is 5.75 Å². The first-order valence-electron chi connectivity index (χ1n) is 13.4. The lowest BCUT2D eigenvalue weighted by Gasteiger charge is -2.50. The van der Waals surface area contributed by atoms with Gasteiger partial charge in [-0.25, -0.2) is 4.79 Å². The van der Waals surface area contributed by atoms with E-state index in [2.05, 4.69) is 0 Å². The van der Waals surface area contributed by atoms with Gasteiger partial charge >= 0.3 is 5.97 Å². The molecule has 0 spiro atoms. The Morgan fingerprint density at radius 3 is 2.40 bits per heavy atom. The van der Waals surface area contributed by atoms with E-state index in [4.69, 9.17) is 33.0 Å². The maximum Gasteiger partial charge on any atom is 0.335 e. The Morgan fingerprint density at radius 1 is 1.02 bits per heavy atom. The SMILES string of the molecule is CN1C(=O)C2(Cl)CC3C(=CCC4C(=O)N(c5cccc(C(=O)O)c5)C(=O)C43)C(c3ccc(OCCO)cc3)C2(Cl)C1=O. The van der Waals surface area contributed by atoms with E-state index in [1.54, 1.807) is 24.3 Å². The van der Waals surface area contributed by atoms with Crippen LogP contribution in [0.15, 0.2) is 60.2 Å². The highest BCUT2D eigenvalue weighted by atomic mass is 35.5. The van der Waals surface area contributed by atoms with Gasteiger partial charge in [0, 0.05) is 13.0 Å². The molecular weight excluding hydrogens is 587 g/mol. The van der Waals surface area contributed by atoms with Crippen molar-refractivity contribution in [1.29, 1.82) is 0 Å². The number of carboxylic acids is 1. The van der Waals surface area contributed by atoms with Crippen molar-refractivity contribution >= 4 is 58.5 Å². The van der Waals surface area contributed by atoms with Crippen LogP contribution < -0.4 is 9.64 Å². The van der Waals surface area contributed by atoms with Gasteiger partial charge < -0.3 is 14.9 Å². The number of aromatic carboxylic acids is 1. The normalized spacial score (nSPS) is 32.0. The number of benzene rings is 2. The zero-order valence-electron chi connectivity index (χ0n) is 22.3. The number of aliphatic hydroxyl groups is 1.